The topological polar surface area (TPSA) is 79.0 Å². The Labute approximate surface area is 121 Å². The molecule has 0 heterocycles. The number of rotatable bonds is 9. The summed E-state index contributed by atoms with van der Waals surface area (Å²) in [7, 11) is 0. The molecule has 1 unspecified atom stereocenters. The zero-order chi connectivity index (χ0) is 15.0. The molecule has 4 N–H and O–H groups in total. The van der Waals surface area contributed by atoms with Crippen molar-refractivity contribution < 1.29 is 14.9 Å². The first kappa shape index (κ1) is 16.8. The van der Waals surface area contributed by atoms with Gasteiger partial charge in [-0.2, -0.15) is 0 Å². The third-order valence-electron chi connectivity index (χ3n) is 3.30. The van der Waals surface area contributed by atoms with Gasteiger partial charge in [0.05, 0.1) is 25.5 Å². The summed E-state index contributed by atoms with van der Waals surface area (Å²) < 4.78 is 5.42. The summed E-state index contributed by atoms with van der Waals surface area (Å²) in [5, 5.41) is 18.1. The lowest BCUT2D eigenvalue weighted by molar-refractivity contribution is 0.128. The highest BCUT2D eigenvalue weighted by Gasteiger charge is 2.14. The van der Waals surface area contributed by atoms with E-state index in [9.17, 15) is 0 Å². The molecule has 0 spiro atoms. The molecule has 5 heteroatoms. The third kappa shape index (κ3) is 5.00. The molecule has 0 saturated carbocycles. The van der Waals surface area contributed by atoms with Crippen LogP contribution in [0.25, 0.3) is 0 Å². The molecule has 5 nitrogen and oxygen atoms in total. The number of aliphatic hydroxyl groups is 2. The first-order valence-electron chi connectivity index (χ1n) is 7.09. The number of hydrogen-bond donors (Lipinski definition) is 3. The number of nitrogens with two attached hydrogens (primary N) is 1. The van der Waals surface area contributed by atoms with Gasteiger partial charge in [0.1, 0.15) is 5.75 Å². The van der Waals surface area contributed by atoms with Crippen molar-refractivity contribution >= 4 is 5.69 Å². The zero-order valence-corrected chi connectivity index (χ0v) is 12.4. The minimum atomic E-state index is 0.0930. The lowest BCUT2D eigenvalue weighted by Gasteiger charge is -2.28. The highest BCUT2D eigenvalue weighted by molar-refractivity contribution is 5.54. The molecule has 1 atom stereocenters. The summed E-state index contributed by atoms with van der Waals surface area (Å²) in [4.78, 5) is 2.06. The molecule has 0 amide bonds. The van der Waals surface area contributed by atoms with Crippen molar-refractivity contribution in [3.63, 3.8) is 0 Å². The smallest absolute Gasteiger partial charge is 0.142 e. The van der Waals surface area contributed by atoms with Gasteiger partial charge in [0.2, 0.25) is 0 Å². The van der Waals surface area contributed by atoms with Crippen molar-refractivity contribution in [2.45, 2.75) is 26.3 Å². The fraction of sp³-hybridized carbons (Fsp3) is 0.600. The summed E-state index contributed by atoms with van der Waals surface area (Å²) >= 11 is 0. The summed E-state index contributed by atoms with van der Waals surface area (Å²) in [5.74, 6) is 0.714. The van der Waals surface area contributed by atoms with Crippen LogP contribution in [0.1, 0.15) is 19.4 Å². The van der Waals surface area contributed by atoms with E-state index in [1.807, 2.05) is 25.1 Å². The maximum atomic E-state index is 9.06. The zero-order valence-electron chi connectivity index (χ0n) is 12.4. The maximum Gasteiger partial charge on any atom is 0.142 e. The van der Waals surface area contributed by atoms with Crippen LogP contribution in [0, 0.1) is 0 Å². The Bertz CT molecular complexity index is 393. The predicted octanol–water partition coefficient (Wildman–Crippen LogP) is 0.885. The Kier molecular flexibility index (Phi) is 7.36. The molecular weight excluding hydrogens is 256 g/mol. The van der Waals surface area contributed by atoms with Crippen molar-refractivity contribution in [2.75, 3.05) is 38.6 Å². The van der Waals surface area contributed by atoms with Gasteiger partial charge in [0.25, 0.3) is 0 Å². The van der Waals surface area contributed by atoms with E-state index in [1.165, 1.54) is 0 Å². The Morgan fingerprint density at radius 3 is 2.40 bits per heavy atom. The number of hydrogen-bond acceptors (Lipinski definition) is 5. The van der Waals surface area contributed by atoms with Gasteiger partial charge in [-0.05, 0) is 38.0 Å². The van der Waals surface area contributed by atoms with Crippen molar-refractivity contribution in [1.29, 1.82) is 0 Å². The molecule has 0 aliphatic rings. The summed E-state index contributed by atoms with van der Waals surface area (Å²) in [6.45, 7) is 5.92. The first-order valence-corrected chi connectivity index (χ1v) is 7.09. The normalized spacial score (nSPS) is 12.7. The van der Waals surface area contributed by atoms with Gasteiger partial charge >= 0.3 is 0 Å². The SMILES string of the molecule is CCOc1ccc(CC(C)N(CCO)CCO)cc1N. The van der Waals surface area contributed by atoms with Gasteiger partial charge in [-0.25, -0.2) is 0 Å². The highest BCUT2D eigenvalue weighted by Crippen LogP contribution is 2.23. The van der Waals surface area contributed by atoms with Crippen LogP contribution in [0.3, 0.4) is 0 Å². The van der Waals surface area contributed by atoms with Crippen LogP contribution in [0.2, 0.25) is 0 Å². The Balaban J connectivity index is 2.68. The minimum Gasteiger partial charge on any atom is -0.492 e. The first-order chi connectivity index (χ1) is 9.62. The largest absolute Gasteiger partial charge is 0.492 e. The Morgan fingerprint density at radius 2 is 1.90 bits per heavy atom. The van der Waals surface area contributed by atoms with E-state index >= 15 is 0 Å². The number of anilines is 1. The number of nitrogens with zero attached hydrogens (tertiary/aromatic N) is 1. The fourth-order valence-electron chi connectivity index (χ4n) is 2.29. The number of benzene rings is 1. The van der Waals surface area contributed by atoms with Crippen LogP contribution < -0.4 is 10.5 Å². The van der Waals surface area contributed by atoms with Gasteiger partial charge in [-0.3, -0.25) is 4.90 Å². The molecule has 1 aromatic rings. The standard InChI is InChI=1S/C15H26N2O3/c1-3-20-15-5-4-13(11-14(15)16)10-12(2)17(6-8-18)7-9-19/h4-5,11-12,18-19H,3,6-10,16H2,1-2H3. The number of aliphatic hydroxyl groups excluding tert-OH is 2. The molecule has 1 rings (SSSR count). The second-order valence-electron chi connectivity index (χ2n) is 4.84. The number of nitrogen functional groups attached to an aromatic ring is 1. The molecule has 114 valence electrons. The van der Waals surface area contributed by atoms with Crippen molar-refractivity contribution in [3.8, 4) is 5.75 Å². The highest BCUT2D eigenvalue weighted by atomic mass is 16.5. The van der Waals surface area contributed by atoms with Crippen LogP contribution >= 0.6 is 0 Å². The molecule has 0 aromatic heterocycles. The van der Waals surface area contributed by atoms with Crippen molar-refractivity contribution in [1.82, 2.24) is 4.90 Å². The van der Waals surface area contributed by atoms with E-state index in [1.54, 1.807) is 0 Å². The lowest BCUT2D eigenvalue weighted by Crippen LogP contribution is -2.38. The Hall–Kier alpha value is -1.30. The van der Waals surface area contributed by atoms with Gasteiger partial charge in [0.15, 0.2) is 0 Å². The van der Waals surface area contributed by atoms with Crippen LogP contribution in [-0.4, -0.2) is 54.1 Å². The van der Waals surface area contributed by atoms with Gasteiger partial charge < -0.3 is 20.7 Å². The van der Waals surface area contributed by atoms with Crippen molar-refractivity contribution in [2.24, 2.45) is 0 Å². The molecule has 0 aliphatic carbocycles. The molecule has 0 saturated heterocycles. The van der Waals surface area contributed by atoms with E-state index in [4.69, 9.17) is 20.7 Å². The van der Waals surface area contributed by atoms with Gasteiger partial charge in [-0.1, -0.05) is 6.07 Å². The van der Waals surface area contributed by atoms with E-state index in [0.29, 0.717) is 31.1 Å². The van der Waals surface area contributed by atoms with E-state index in [0.717, 1.165) is 12.0 Å². The monoisotopic (exact) mass is 282 g/mol. The van der Waals surface area contributed by atoms with Crippen LogP contribution in [-0.2, 0) is 6.42 Å². The third-order valence-corrected chi connectivity index (χ3v) is 3.30. The molecular formula is C15H26N2O3. The molecule has 0 fully saturated rings. The van der Waals surface area contributed by atoms with E-state index < -0.39 is 0 Å². The average molecular weight is 282 g/mol. The molecule has 1 aromatic carbocycles. The minimum absolute atomic E-state index is 0.0930. The summed E-state index contributed by atoms with van der Waals surface area (Å²) in [6.07, 6.45) is 0.816. The molecule has 0 bridgehead atoms. The van der Waals surface area contributed by atoms with Gasteiger partial charge in [0, 0.05) is 19.1 Å². The van der Waals surface area contributed by atoms with Gasteiger partial charge in [-0.15, -0.1) is 0 Å². The van der Waals surface area contributed by atoms with E-state index in [2.05, 4.69) is 11.8 Å². The lowest BCUT2D eigenvalue weighted by atomic mass is 10.0. The molecule has 0 radical (unpaired) electrons. The fourth-order valence-corrected chi connectivity index (χ4v) is 2.29. The second kappa shape index (κ2) is 8.79. The quantitative estimate of drug-likeness (QED) is 0.586. The maximum absolute atomic E-state index is 9.06. The van der Waals surface area contributed by atoms with E-state index in [-0.39, 0.29) is 19.3 Å². The Morgan fingerprint density at radius 1 is 1.25 bits per heavy atom. The number of ether oxygens (including phenoxy) is 1. The van der Waals surface area contributed by atoms with Crippen molar-refractivity contribution in [3.05, 3.63) is 23.8 Å². The molecule has 20 heavy (non-hydrogen) atoms. The summed E-state index contributed by atoms with van der Waals surface area (Å²) in [6, 6.07) is 6.06. The second-order valence-corrected chi connectivity index (χ2v) is 4.84. The molecule has 0 aliphatic heterocycles. The average Bonchev–Trinajstić information content (AvgIpc) is 2.42. The predicted molar refractivity (Wildman–Crippen MR) is 80.9 cm³/mol. The summed E-state index contributed by atoms with van der Waals surface area (Å²) in [5.41, 5.74) is 7.73. The van der Waals surface area contributed by atoms with Crippen LogP contribution in [0.5, 0.6) is 5.75 Å². The van der Waals surface area contributed by atoms with Crippen LogP contribution in [0.15, 0.2) is 18.2 Å². The van der Waals surface area contributed by atoms with Crippen LogP contribution in [0.4, 0.5) is 5.69 Å².